The summed E-state index contributed by atoms with van der Waals surface area (Å²) in [7, 11) is 4.61. The second-order valence-corrected chi connectivity index (χ2v) is 6.02. The van der Waals surface area contributed by atoms with E-state index in [4.69, 9.17) is 14.2 Å². The van der Waals surface area contributed by atoms with Crippen LogP contribution < -0.4 is 20.1 Å². The van der Waals surface area contributed by atoms with Crippen molar-refractivity contribution in [2.24, 2.45) is 0 Å². The van der Waals surface area contributed by atoms with Gasteiger partial charge < -0.3 is 24.8 Å². The fraction of sp³-hybridized carbons (Fsp3) is 0.286. The first-order valence-electron chi connectivity index (χ1n) is 8.96. The minimum atomic E-state index is -0.500. The van der Waals surface area contributed by atoms with Gasteiger partial charge in [-0.1, -0.05) is 12.1 Å². The molecule has 154 valence electrons. The number of hydrogen-bond donors (Lipinski definition) is 2. The molecule has 2 N–H and O–H groups in total. The highest BCUT2D eigenvalue weighted by atomic mass is 16.5. The largest absolute Gasteiger partial charge is 0.493 e. The van der Waals surface area contributed by atoms with Crippen LogP contribution in [0.15, 0.2) is 42.5 Å². The molecule has 0 aromatic heterocycles. The average Bonchev–Trinajstić information content (AvgIpc) is 2.75. The lowest BCUT2D eigenvalue weighted by molar-refractivity contribution is -0.147. The maximum Gasteiger partial charge on any atom is 0.306 e. The van der Waals surface area contributed by atoms with Gasteiger partial charge >= 0.3 is 5.97 Å². The molecule has 0 fully saturated rings. The molecule has 29 heavy (non-hydrogen) atoms. The third-order valence-electron chi connectivity index (χ3n) is 4.11. The molecule has 0 aliphatic carbocycles. The molecule has 2 amide bonds. The van der Waals surface area contributed by atoms with Crippen LogP contribution in [0, 0.1) is 0 Å². The number of para-hydroxylation sites is 1. The van der Waals surface area contributed by atoms with Crippen molar-refractivity contribution < 1.29 is 28.6 Å². The van der Waals surface area contributed by atoms with E-state index in [2.05, 4.69) is 10.6 Å². The van der Waals surface area contributed by atoms with Gasteiger partial charge in [0.05, 0.1) is 14.2 Å². The Kier molecular flexibility index (Phi) is 8.02. The van der Waals surface area contributed by atoms with Gasteiger partial charge in [0.15, 0.2) is 18.1 Å². The summed E-state index contributed by atoms with van der Waals surface area (Å²) >= 11 is 0. The smallest absolute Gasteiger partial charge is 0.306 e. The molecule has 0 aliphatic heterocycles. The Morgan fingerprint density at radius 1 is 0.966 bits per heavy atom. The van der Waals surface area contributed by atoms with E-state index < -0.39 is 18.5 Å². The molecule has 0 saturated heterocycles. The van der Waals surface area contributed by atoms with Crippen LogP contribution in [-0.4, -0.2) is 45.7 Å². The normalized spacial score (nSPS) is 10.0. The Morgan fingerprint density at radius 2 is 1.69 bits per heavy atom. The molecule has 8 nitrogen and oxygen atoms in total. The second kappa shape index (κ2) is 10.7. The number of amides is 2. The molecule has 2 rings (SSSR count). The molecular weight excluding hydrogens is 376 g/mol. The zero-order valence-electron chi connectivity index (χ0n) is 16.6. The van der Waals surface area contributed by atoms with Crippen molar-refractivity contribution in [2.45, 2.75) is 12.8 Å². The first kappa shape index (κ1) is 21.7. The van der Waals surface area contributed by atoms with Gasteiger partial charge in [-0.05, 0) is 42.3 Å². The van der Waals surface area contributed by atoms with Gasteiger partial charge in [-0.3, -0.25) is 14.4 Å². The van der Waals surface area contributed by atoms with Crippen LogP contribution in [0.1, 0.15) is 22.3 Å². The fourth-order valence-corrected chi connectivity index (χ4v) is 2.65. The molecule has 0 saturated carbocycles. The molecule has 2 aromatic carbocycles. The number of carbonyl (C=O) groups excluding carboxylic acids is 3. The van der Waals surface area contributed by atoms with Crippen LogP contribution in [0.5, 0.6) is 11.5 Å². The lowest BCUT2D eigenvalue weighted by Gasteiger charge is -2.12. The maximum absolute atomic E-state index is 12.0. The predicted molar refractivity (Wildman–Crippen MR) is 107 cm³/mol. The lowest BCUT2D eigenvalue weighted by Crippen LogP contribution is -2.21. The highest BCUT2D eigenvalue weighted by molar-refractivity contribution is 5.96. The fourth-order valence-electron chi connectivity index (χ4n) is 2.65. The van der Waals surface area contributed by atoms with Crippen molar-refractivity contribution in [1.82, 2.24) is 5.32 Å². The van der Waals surface area contributed by atoms with Crippen LogP contribution in [0.25, 0.3) is 0 Å². The van der Waals surface area contributed by atoms with Crippen molar-refractivity contribution >= 4 is 23.5 Å². The van der Waals surface area contributed by atoms with Crippen molar-refractivity contribution in [3.05, 3.63) is 53.6 Å². The molecule has 0 atom stereocenters. The number of anilines is 1. The molecule has 0 heterocycles. The zero-order valence-corrected chi connectivity index (χ0v) is 16.6. The number of hydrogen-bond acceptors (Lipinski definition) is 6. The summed E-state index contributed by atoms with van der Waals surface area (Å²) in [6.45, 7) is -0.398. The lowest BCUT2D eigenvalue weighted by atomic mass is 10.1. The standard InChI is InChI=1S/C21H24N2O6/c1-22-21(26)15-7-10-16(11-8-15)23-18(24)13-29-19(25)12-9-14-5-4-6-17(27-2)20(14)28-3/h4-8,10-11H,9,12-13H2,1-3H3,(H,22,26)(H,23,24). The predicted octanol–water partition coefficient (Wildman–Crippen LogP) is 2.18. The quantitative estimate of drug-likeness (QED) is 0.626. The van der Waals surface area contributed by atoms with E-state index in [1.165, 1.54) is 14.2 Å². The minimum Gasteiger partial charge on any atom is -0.493 e. The summed E-state index contributed by atoms with van der Waals surface area (Å²) in [6.07, 6.45) is 0.486. The summed E-state index contributed by atoms with van der Waals surface area (Å²) in [5.41, 5.74) is 1.79. The van der Waals surface area contributed by atoms with E-state index in [0.29, 0.717) is 29.2 Å². The second-order valence-electron chi connectivity index (χ2n) is 6.02. The third kappa shape index (κ3) is 6.24. The highest BCUT2D eigenvalue weighted by Crippen LogP contribution is 2.31. The first-order chi connectivity index (χ1) is 14.0. The van der Waals surface area contributed by atoms with Crippen LogP contribution in [0.3, 0.4) is 0 Å². The number of methoxy groups -OCH3 is 2. The van der Waals surface area contributed by atoms with E-state index in [-0.39, 0.29) is 12.3 Å². The number of aryl methyl sites for hydroxylation is 1. The third-order valence-corrected chi connectivity index (χ3v) is 4.11. The first-order valence-corrected chi connectivity index (χ1v) is 8.96. The van der Waals surface area contributed by atoms with Crippen molar-refractivity contribution in [1.29, 1.82) is 0 Å². The molecule has 0 aliphatic rings. The molecule has 2 aromatic rings. The van der Waals surface area contributed by atoms with Crippen molar-refractivity contribution in [2.75, 3.05) is 33.2 Å². The van der Waals surface area contributed by atoms with E-state index in [0.717, 1.165) is 5.56 Å². The van der Waals surface area contributed by atoms with Gasteiger partial charge in [0.25, 0.3) is 11.8 Å². The summed E-state index contributed by atoms with van der Waals surface area (Å²) in [4.78, 5) is 35.4. The number of rotatable bonds is 9. The Labute approximate surface area is 169 Å². The molecule has 0 radical (unpaired) electrons. The Bertz CT molecular complexity index is 864. The average molecular weight is 400 g/mol. The van der Waals surface area contributed by atoms with E-state index in [1.54, 1.807) is 37.4 Å². The van der Waals surface area contributed by atoms with E-state index in [1.807, 2.05) is 12.1 Å². The number of carbonyl (C=O) groups is 3. The maximum atomic E-state index is 12.0. The molecule has 0 spiro atoms. The summed E-state index contributed by atoms with van der Waals surface area (Å²) in [5, 5.41) is 5.12. The van der Waals surface area contributed by atoms with E-state index in [9.17, 15) is 14.4 Å². The van der Waals surface area contributed by atoms with Crippen molar-refractivity contribution in [3.63, 3.8) is 0 Å². The summed E-state index contributed by atoms with van der Waals surface area (Å²) in [5.74, 6) is -0.0320. The highest BCUT2D eigenvalue weighted by Gasteiger charge is 2.13. The molecular formula is C21H24N2O6. The van der Waals surface area contributed by atoms with Gasteiger partial charge in [0, 0.05) is 24.7 Å². The molecule has 8 heteroatoms. The number of esters is 1. The number of nitrogens with one attached hydrogen (secondary N) is 2. The zero-order chi connectivity index (χ0) is 21.2. The Morgan fingerprint density at radius 3 is 2.31 bits per heavy atom. The van der Waals surface area contributed by atoms with Gasteiger partial charge in [0.2, 0.25) is 0 Å². The van der Waals surface area contributed by atoms with Crippen LogP contribution >= 0.6 is 0 Å². The monoisotopic (exact) mass is 400 g/mol. The number of ether oxygens (including phenoxy) is 3. The Balaban J connectivity index is 1.80. The Hall–Kier alpha value is -3.55. The summed E-state index contributed by atoms with van der Waals surface area (Å²) < 4.78 is 15.6. The van der Waals surface area contributed by atoms with Crippen LogP contribution in [-0.2, 0) is 20.7 Å². The molecule has 0 bridgehead atoms. The number of benzene rings is 2. The van der Waals surface area contributed by atoms with Gasteiger partial charge in [-0.15, -0.1) is 0 Å². The minimum absolute atomic E-state index is 0.0949. The van der Waals surface area contributed by atoms with Crippen molar-refractivity contribution in [3.8, 4) is 11.5 Å². The van der Waals surface area contributed by atoms with E-state index >= 15 is 0 Å². The van der Waals surface area contributed by atoms with Crippen LogP contribution in [0.2, 0.25) is 0 Å². The SMILES string of the molecule is CNC(=O)c1ccc(NC(=O)COC(=O)CCc2cccc(OC)c2OC)cc1. The van der Waals surface area contributed by atoms with Gasteiger partial charge in [0.1, 0.15) is 0 Å². The van der Waals surface area contributed by atoms with Gasteiger partial charge in [-0.2, -0.15) is 0 Å². The van der Waals surface area contributed by atoms with Gasteiger partial charge in [-0.25, -0.2) is 0 Å². The molecule has 0 unspecified atom stereocenters. The van der Waals surface area contributed by atoms with Crippen LogP contribution in [0.4, 0.5) is 5.69 Å². The topological polar surface area (TPSA) is 103 Å². The summed E-state index contributed by atoms with van der Waals surface area (Å²) in [6, 6.07) is 11.8.